The molecular formula is C14H22N2O4. The summed E-state index contributed by atoms with van der Waals surface area (Å²) >= 11 is 0. The van der Waals surface area contributed by atoms with Crippen molar-refractivity contribution in [2.75, 3.05) is 0 Å². The van der Waals surface area contributed by atoms with Crippen molar-refractivity contribution < 1.29 is 19.1 Å². The van der Waals surface area contributed by atoms with Crippen molar-refractivity contribution in [1.29, 1.82) is 0 Å². The highest BCUT2D eigenvalue weighted by Gasteiger charge is 2.20. The third kappa shape index (κ3) is 5.77. The van der Waals surface area contributed by atoms with Gasteiger partial charge in [-0.2, -0.15) is 0 Å². The van der Waals surface area contributed by atoms with E-state index in [1.165, 1.54) is 0 Å². The molecule has 2 atom stereocenters. The zero-order valence-electron chi connectivity index (χ0n) is 11.9. The molecule has 0 fully saturated rings. The van der Waals surface area contributed by atoms with Crippen LogP contribution in [0.2, 0.25) is 0 Å². The van der Waals surface area contributed by atoms with E-state index in [0.717, 1.165) is 18.6 Å². The van der Waals surface area contributed by atoms with E-state index >= 15 is 0 Å². The number of carboxylic acids is 1. The van der Waals surface area contributed by atoms with Crippen LogP contribution in [0.5, 0.6) is 0 Å². The number of carbonyl (C=O) groups is 2. The van der Waals surface area contributed by atoms with Crippen LogP contribution in [-0.4, -0.2) is 29.2 Å². The van der Waals surface area contributed by atoms with Gasteiger partial charge >= 0.3 is 12.0 Å². The molecule has 0 aromatic carbocycles. The van der Waals surface area contributed by atoms with Gasteiger partial charge in [0.25, 0.3) is 0 Å². The normalized spacial score (nSPS) is 13.5. The van der Waals surface area contributed by atoms with E-state index in [1.54, 1.807) is 12.3 Å². The molecule has 0 bridgehead atoms. The maximum Gasteiger partial charge on any atom is 0.326 e. The molecule has 0 spiro atoms. The maximum absolute atomic E-state index is 11.7. The van der Waals surface area contributed by atoms with Gasteiger partial charge in [0.1, 0.15) is 11.8 Å². The molecule has 3 N–H and O–H groups in total. The van der Waals surface area contributed by atoms with E-state index in [1.807, 2.05) is 19.9 Å². The second kappa shape index (κ2) is 8.24. The Morgan fingerprint density at radius 3 is 2.70 bits per heavy atom. The number of furan rings is 1. The topological polar surface area (TPSA) is 91.6 Å². The smallest absolute Gasteiger partial charge is 0.326 e. The van der Waals surface area contributed by atoms with Gasteiger partial charge < -0.3 is 20.2 Å². The summed E-state index contributed by atoms with van der Waals surface area (Å²) < 4.78 is 5.19. The molecule has 1 aromatic rings. The average Bonchev–Trinajstić information content (AvgIpc) is 2.86. The van der Waals surface area contributed by atoms with Crippen LogP contribution >= 0.6 is 0 Å². The summed E-state index contributed by atoms with van der Waals surface area (Å²) in [5, 5.41) is 14.2. The van der Waals surface area contributed by atoms with Crippen molar-refractivity contribution >= 4 is 12.0 Å². The van der Waals surface area contributed by atoms with Crippen LogP contribution in [0, 0.1) is 0 Å². The molecule has 0 radical (unpaired) electrons. The molecule has 0 aliphatic carbocycles. The van der Waals surface area contributed by atoms with Crippen LogP contribution in [0.1, 0.15) is 38.9 Å². The molecule has 2 unspecified atom stereocenters. The molecule has 1 aromatic heterocycles. The van der Waals surface area contributed by atoms with Crippen molar-refractivity contribution in [1.82, 2.24) is 10.6 Å². The largest absolute Gasteiger partial charge is 0.480 e. The molecule has 0 saturated heterocycles. The Labute approximate surface area is 118 Å². The minimum absolute atomic E-state index is 0.137. The molecule has 112 valence electrons. The van der Waals surface area contributed by atoms with Gasteiger partial charge in [-0.05, 0) is 25.5 Å². The highest BCUT2D eigenvalue weighted by Crippen LogP contribution is 2.04. The second-order valence-electron chi connectivity index (χ2n) is 4.84. The van der Waals surface area contributed by atoms with E-state index in [4.69, 9.17) is 9.52 Å². The highest BCUT2D eigenvalue weighted by atomic mass is 16.4. The first-order valence-electron chi connectivity index (χ1n) is 6.85. The van der Waals surface area contributed by atoms with E-state index in [2.05, 4.69) is 10.6 Å². The van der Waals surface area contributed by atoms with Gasteiger partial charge in [0.05, 0.1) is 6.26 Å². The molecule has 20 heavy (non-hydrogen) atoms. The van der Waals surface area contributed by atoms with Crippen molar-refractivity contribution in [3.63, 3.8) is 0 Å². The number of unbranched alkanes of at least 4 members (excludes halogenated alkanes) is 1. The van der Waals surface area contributed by atoms with Crippen molar-refractivity contribution in [2.45, 2.75) is 51.6 Å². The molecule has 1 heterocycles. The number of aliphatic carboxylic acids is 1. The Bertz CT molecular complexity index is 417. The van der Waals surface area contributed by atoms with E-state index < -0.39 is 18.0 Å². The molecule has 6 heteroatoms. The van der Waals surface area contributed by atoms with Gasteiger partial charge in [-0.25, -0.2) is 9.59 Å². The summed E-state index contributed by atoms with van der Waals surface area (Å²) in [5.74, 6) is -0.231. The van der Waals surface area contributed by atoms with Crippen molar-refractivity contribution in [3.05, 3.63) is 24.2 Å². The average molecular weight is 282 g/mol. The van der Waals surface area contributed by atoms with Crippen molar-refractivity contribution in [3.8, 4) is 0 Å². The molecule has 2 amide bonds. The lowest BCUT2D eigenvalue weighted by molar-refractivity contribution is -0.139. The summed E-state index contributed by atoms with van der Waals surface area (Å²) in [7, 11) is 0. The van der Waals surface area contributed by atoms with Crippen molar-refractivity contribution in [2.24, 2.45) is 0 Å². The summed E-state index contributed by atoms with van der Waals surface area (Å²) in [6.07, 6.45) is 4.23. The lowest BCUT2D eigenvalue weighted by atomic mass is 10.1. The Morgan fingerprint density at radius 1 is 1.40 bits per heavy atom. The SMILES string of the molecule is CCCCC(NC(=O)NC(C)Cc1ccco1)C(=O)O. The van der Waals surface area contributed by atoms with E-state index in [0.29, 0.717) is 12.8 Å². The standard InChI is InChI=1S/C14H22N2O4/c1-3-4-7-12(13(17)18)16-14(19)15-10(2)9-11-6-5-8-20-11/h5-6,8,10,12H,3-4,7,9H2,1-2H3,(H,17,18)(H2,15,16,19). The monoisotopic (exact) mass is 282 g/mol. The van der Waals surface area contributed by atoms with Crippen LogP contribution in [0.3, 0.4) is 0 Å². The zero-order chi connectivity index (χ0) is 15.0. The molecule has 0 aliphatic rings. The summed E-state index contributed by atoms with van der Waals surface area (Å²) in [5.41, 5.74) is 0. The Kier molecular flexibility index (Phi) is 6.63. The summed E-state index contributed by atoms with van der Waals surface area (Å²) in [6.45, 7) is 3.81. The number of carbonyl (C=O) groups excluding carboxylic acids is 1. The van der Waals surface area contributed by atoms with E-state index in [9.17, 15) is 9.59 Å². The molecule has 6 nitrogen and oxygen atoms in total. The minimum atomic E-state index is -1.01. The fourth-order valence-electron chi connectivity index (χ4n) is 1.87. The zero-order valence-corrected chi connectivity index (χ0v) is 11.9. The first-order valence-corrected chi connectivity index (χ1v) is 6.85. The lowest BCUT2D eigenvalue weighted by Gasteiger charge is -2.17. The summed E-state index contributed by atoms with van der Waals surface area (Å²) in [6, 6.07) is 2.17. The van der Waals surface area contributed by atoms with Crippen LogP contribution in [0.25, 0.3) is 0 Å². The number of amides is 2. The quantitative estimate of drug-likeness (QED) is 0.681. The number of urea groups is 1. The maximum atomic E-state index is 11.7. The predicted octanol–water partition coefficient (Wildman–Crippen LogP) is 2.15. The van der Waals surface area contributed by atoms with Crippen LogP contribution in [0.4, 0.5) is 4.79 Å². The number of hydrogen-bond donors (Lipinski definition) is 3. The first kappa shape index (κ1) is 16.1. The first-order chi connectivity index (χ1) is 9.52. The lowest BCUT2D eigenvalue weighted by Crippen LogP contribution is -2.48. The van der Waals surface area contributed by atoms with Crippen LogP contribution < -0.4 is 10.6 Å². The fourth-order valence-corrected chi connectivity index (χ4v) is 1.87. The van der Waals surface area contributed by atoms with Gasteiger partial charge in [0, 0.05) is 12.5 Å². The Hall–Kier alpha value is -1.98. The molecule has 0 saturated carbocycles. The molecular weight excluding hydrogens is 260 g/mol. The number of rotatable bonds is 8. The van der Waals surface area contributed by atoms with Gasteiger partial charge in [-0.15, -0.1) is 0 Å². The van der Waals surface area contributed by atoms with Gasteiger partial charge in [0.2, 0.25) is 0 Å². The second-order valence-corrected chi connectivity index (χ2v) is 4.84. The highest BCUT2D eigenvalue weighted by molar-refractivity contribution is 5.82. The van der Waals surface area contributed by atoms with Crippen LogP contribution in [-0.2, 0) is 11.2 Å². The third-order valence-electron chi connectivity index (χ3n) is 2.91. The fraction of sp³-hybridized carbons (Fsp3) is 0.571. The molecule has 0 aliphatic heterocycles. The Balaban J connectivity index is 2.38. The number of hydrogen-bond acceptors (Lipinski definition) is 3. The third-order valence-corrected chi connectivity index (χ3v) is 2.91. The summed E-state index contributed by atoms with van der Waals surface area (Å²) in [4.78, 5) is 22.8. The minimum Gasteiger partial charge on any atom is -0.480 e. The van der Waals surface area contributed by atoms with Gasteiger partial charge in [-0.3, -0.25) is 0 Å². The number of nitrogens with one attached hydrogen (secondary N) is 2. The van der Waals surface area contributed by atoms with Gasteiger partial charge in [0.15, 0.2) is 0 Å². The predicted molar refractivity (Wildman–Crippen MR) is 74.5 cm³/mol. The van der Waals surface area contributed by atoms with Crippen LogP contribution in [0.15, 0.2) is 22.8 Å². The Morgan fingerprint density at radius 2 is 2.15 bits per heavy atom. The van der Waals surface area contributed by atoms with Gasteiger partial charge in [-0.1, -0.05) is 19.8 Å². The van der Waals surface area contributed by atoms with E-state index in [-0.39, 0.29) is 6.04 Å². The molecule has 1 rings (SSSR count). The number of carboxylic acid groups (broad SMARTS) is 1.